The number of fused-ring (bicyclic) bond motifs is 1. The van der Waals surface area contributed by atoms with Crippen LogP contribution in [0.4, 0.5) is 16.5 Å². The van der Waals surface area contributed by atoms with Gasteiger partial charge in [-0.05, 0) is 62.7 Å². The monoisotopic (exact) mass is 515 g/mol. The maximum atomic E-state index is 13.8. The lowest BCUT2D eigenvalue weighted by atomic mass is 10.1. The summed E-state index contributed by atoms with van der Waals surface area (Å²) in [6.07, 6.45) is 3.16. The van der Waals surface area contributed by atoms with Gasteiger partial charge in [-0.3, -0.25) is 19.8 Å². The number of nitrogens with zero attached hydrogens (tertiary/aromatic N) is 5. The lowest BCUT2D eigenvalue weighted by Gasteiger charge is -2.28. The minimum Gasteiger partial charge on any atom is -0.366 e. The van der Waals surface area contributed by atoms with Crippen molar-refractivity contribution in [3.8, 4) is 0 Å². The quantitative estimate of drug-likeness (QED) is 0.263. The van der Waals surface area contributed by atoms with Crippen molar-refractivity contribution in [2.75, 3.05) is 49.1 Å². The van der Waals surface area contributed by atoms with Crippen LogP contribution in [0.1, 0.15) is 43.5 Å². The van der Waals surface area contributed by atoms with Crippen LogP contribution >= 0.6 is 22.9 Å². The molecule has 1 aliphatic heterocycles. The number of hydrogen-bond acceptors (Lipinski definition) is 7. The number of anilines is 2. The molecule has 8 nitrogen and oxygen atoms in total. The summed E-state index contributed by atoms with van der Waals surface area (Å²) in [5.74, 6) is -0.296. The standard InChI is InChI=1S/C25H30ClN5O3S/c1-3-28(4-2)14-15-30(25-27-20-10-9-19(26)17-23(20)35-25)24(32)18-8-11-21(22(16-18)31(33)34)29-12-6-5-7-13-29/h8-11,16-17H,3-7,12-15H2,1-2H3. The van der Waals surface area contributed by atoms with E-state index in [4.69, 9.17) is 11.6 Å². The molecule has 35 heavy (non-hydrogen) atoms. The van der Waals surface area contributed by atoms with Crippen LogP contribution in [0.5, 0.6) is 0 Å². The Kier molecular flexibility index (Phi) is 8.20. The van der Waals surface area contributed by atoms with E-state index in [1.165, 1.54) is 17.4 Å². The molecule has 2 heterocycles. The lowest BCUT2D eigenvalue weighted by molar-refractivity contribution is -0.384. The Balaban J connectivity index is 1.69. The van der Waals surface area contributed by atoms with Crippen molar-refractivity contribution in [2.45, 2.75) is 33.1 Å². The van der Waals surface area contributed by atoms with E-state index in [1.54, 1.807) is 23.1 Å². The van der Waals surface area contributed by atoms with Gasteiger partial charge in [0.15, 0.2) is 5.13 Å². The van der Waals surface area contributed by atoms with Crippen LogP contribution in [-0.4, -0.2) is 60.0 Å². The van der Waals surface area contributed by atoms with Gasteiger partial charge in [0.2, 0.25) is 0 Å². The Morgan fingerprint density at radius 1 is 1.11 bits per heavy atom. The van der Waals surface area contributed by atoms with Crippen molar-refractivity contribution in [1.82, 2.24) is 9.88 Å². The van der Waals surface area contributed by atoms with Gasteiger partial charge in [0.05, 0.1) is 15.1 Å². The number of hydrogen-bond donors (Lipinski definition) is 0. The molecule has 1 aromatic heterocycles. The van der Waals surface area contributed by atoms with Crippen LogP contribution in [0.2, 0.25) is 5.02 Å². The molecule has 0 bridgehead atoms. The third kappa shape index (κ3) is 5.74. The summed E-state index contributed by atoms with van der Waals surface area (Å²) in [7, 11) is 0. The second-order valence-electron chi connectivity index (χ2n) is 8.60. The molecule has 4 rings (SSSR count). The number of carbonyl (C=O) groups is 1. The SMILES string of the molecule is CCN(CC)CCN(C(=O)c1ccc(N2CCCCC2)c([N+](=O)[O-])c1)c1nc2ccc(Cl)cc2s1. The summed E-state index contributed by atoms with van der Waals surface area (Å²) in [5.41, 5.74) is 1.60. The van der Waals surface area contributed by atoms with Gasteiger partial charge in [-0.15, -0.1) is 0 Å². The van der Waals surface area contributed by atoms with Gasteiger partial charge in [-0.2, -0.15) is 0 Å². The average Bonchev–Trinajstić information content (AvgIpc) is 3.29. The van der Waals surface area contributed by atoms with Gasteiger partial charge in [-0.1, -0.05) is 36.8 Å². The number of nitro groups is 1. The first-order valence-corrected chi connectivity index (χ1v) is 13.2. The third-order valence-electron chi connectivity index (χ3n) is 6.47. The summed E-state index contributed by atoms with van der Waals surface area (Å²) in [4.78, 5) is 35.9. The topological polar surface area (TPSA) is 82.8 Å². The number of benzene rings is 2. The number of thiazole rings is 1. The van der Waals surface area contributed by atoms with Gasteiger partial charge in [0.1, 0.15) is 5.69 Å². The molecule has 0 atom stereocenters. The molecule has 0 spiro atoms. The van der Waals surface area contributed by atoms with Crippen LogP contribution in [0, 0.1) is 10.1 Å². The molecule has 3 aromatic rings. The van der Waals surface area contributed by atoms with Gasteiger partial charge >= 0.3 is 0 Å². The molecule has 0 aliphatic carbocycles. The lowest BCUT2D eigenvalue weighted by Crippen LogP contribution is -2.39. The van der Waals surface area contributed by atoms with E-state index in [1.807, 2.05) is 17.0 Å². The zero-order valence-corrected chi connectivity index (χ0v) is 21.6. The Labute approximate surface area is 214 Å². The molecule has 1 aliphatic rings. The Bertz CT molecular complexity index is 1210. The first kappa shape index (κ1) is 25.3. The normalized spacial score (nSPS) is 14.0. The molecule has 2 aromatic carbocycles. The van der Waals surface area contributed by atoms with Gasteiger partial charge < -0.3 is 9.80 Å². The molecule has 0 N–H and O–H groups in total. The van der Waals surface area contributed by atoms with E-state index in [-0.39, 0.29) is 22.1 Å². The smallest absolute Gasteiger partial charge is 0.293 e. The number of nitro benzene ring substituents is 1. The Hall–Kier alpha value is -2.75. The minimum atomic E-state index is -0.388. The van der Waals surface area contributed by atoms with E-state index in [0.29, 0.717) is 28.9 Å². The number of rotatable bonds is 9. The van der Waals surface area contributed by atoms with Gasteiger partial charge in [0.25, 0.3) is 11.6 Å². The van der Waals surface area contributed by atoms with E-state index >= 15 is 0 Å². The van der Waals surface area contributed by atoms with E-state index in [2.05, 4.69) is 23.7 Å². The fourth-order valence-corrected chi connectivity index (χ4v) is 5.69. The fourth-order valence-electron chi connectivity index (χ4n) is 4.43. The molecule has 10 heteroatoms. The van der Waals surface area contributed by atoms with E-state index in [0.717, 1.165) is 55.7 Å². The first-order chi connectivity index (χ1) is 16.9. The summed E-state index contributed by atoms with van der Waals surface area (Å²) in [6, 6.07) is 10.3. The van der Waals surface area contributed by atoms with Crippen LogP contribution in [0.15, 0.2) is 36.4 Å². The Morgan fingerprint density at radius 3 is 2.54 bits per heavy atom. The summed E-state index contributed by atoms with van der Waals surface area (Å²) in [5, 5.41) is 13.1. The van der Waals surface area contributed by atoms with Gasteiger partial charge in [-0.25, -0.2) is 4.98 Å². The molecule has 1 fully saturated rings. The molecule has 186 valence electrons. The van der Waals surface area contributed by atoms with Crippen molar-refractivity contribution < 1.29 is 9.72 Å². The minimum absolute atomic E-state index is 0.0301. The maximum Gasteiger partial charge on any atom is 0.293 e. The highest BCUT2D eigenvalue weighted by Crippen LogP contribution is 2.34. The van der Waals surface area contributed by atoms with E-state index in [9.17, 15) is 14.9 Å². The number of aromatic nitrogens is 1. The zero-order valence-electron chi connectivity index (χ0n) is 20.1. The second-order valence-corrected chi connectivity index (χ2v) is 10.0. The first-order valence-electron chi connectivity index (χ1n) is 12.0. The molecular weight excluding hydrogens is 486 g/mol. The fraction of sp³-hybridized carbons (Fsp3) is 0.440. The van der Waals surface area contributed by atoms with Crippen LogP contribution in [0.25, 0.3) is 10.2 Å². The van der Waals surface area contributed by atoms with Crippen molar-refractivity contribution in [1.29, 1.82) is 0 Å². The van der Waals surface area contributed by atoms with Crippen molar-refractivity contribution >= 4 is 55.6 Å². The summed E-state index contributed by atoms with van der Waals surface area (Å²) in [6.45, 7) is 8.57. The molecular formula is C25H30ClN5O3S. The number of carbonyl (C=O) groups excluding carboxylic acids is 1. The third-order valence-corrected chi connectivity index (χ3v) is 7.74. The van der Waals surface area contributed by atoms with Gasteiger partial charge in [0, 0.05) is 42.8 Å². The second kappa shape index (κ2) is 11.3. The Morgan fingerprint density at radius 2 is 1.86 bits per heavy atom. The van der Waals surface area contributed by atoms with Crippen molar-refractivity contribution in [3.05, 3.63) is 57.1 Å². The molecule has 1 amide bonds. The highest BCUT2D eigenvalue weighted by atomic mass is 35.5. The van der Waals surface area contributed by atoms with E-state index < -0.39 is 0 Å². The number of piperidine rings is 1. The molecule has 0 saturated carbocycles. The predicted octanol–water partition coefficient (Wildman–Crippen LogP) is 5.84. The van der Waals surface area contributed by atoms with Crippen molar-refractivity contribution in [3.63, 3.8) is 0 Å². The number of halogens is 1. The number of likely N-dealkylation sites (N-methyl/N-ethyl adjacent to an activating group) is 1. The largest absolute Gasteiger partial charge is 0.366 e. The maximum absolute atomic E-state index is 13.8. The summed E-state index contributed by atoms with van der Waals surface area (Å²) >= 11 is 7.55. The number of amides is 1. The molecule has 0 radical (unpaired) electrons. The highest BCUT2D eigenvalue weighted by molar-refractivity contribution is 7.22. The summed E-state index contributed by atoms with van der Waals surface area (Å²) < 4.78 is 0.888. The average molecular weight is 516 g/mol. The highest BCUT2D eigenvalue weighted by Gasteiger charge is 2.27. The van der Waals surface area contributed by atoms with Crippen LogP contribution in [-0.2, 0) is 0 Å². The zero-order chi connectivity index (χ0) is 24.9. The molecule has 1 saturated heterocycles. The van der Waals surface area contributed by atoms with Crippen molar-refractivity contribution in [2.24, 2.45) is 0 Å². The predicted molar refractivity (Wildman–Crippen MR) is 143 cm³/mol. The van der Waals surface area contributed by atoms with Crippen LogP contribution in [0.3, 0.4) is 0 Å². The molecule has 0 unspecified atom stereocenters. The van der Waals surface area contributed by atoms with Crippen LogP contribution < -0.4 is 9.80 Å².